The van der Waals surface area contributed by atoms with E-state index in [0.717, 1.165) is 32.4 Å². The summed E-state index contributed by atoms with van der Waals surface area (Å²) in [6.45, 7) is 4.97. The summed E-state index contributed by atoms with van der Waals surface area (Å²) in [6.07, 6.45) is 2.88. The molecule has 0 aromatic rings. The van der Waals surface area contributed by atoms with E-state index in [1.807, 2.05) is 0 Å². The van der Waals surface area contributed by atoms with Crippen LogP contribution in [0.15, 0.2) is 0 Å². The van der Waals surface area contributed by atoms with Crippen molar-refractivity contribution >= 4 is 12.0 Å². The van der Waals surface area contributed by atoms with Gasteiger partial charge in [-0.15, -0.1) is 0 Å². The monoisotopic (exact) mass is 272 g/mol. The van der Waals surface area contributed by atoms with Gasteiger partial charge in [0.1, 0.15) is 0 Å². The van der Waals surface area contributed by atoms with E-state index >= 15 is 0 Å². The second-order valence-electron chi connectivity index (χ2n) is 5.62. The molecule has 2 unspecified atom stereocenters. The van der Waals surface area contributed by atoms with E-state index in [9.17, 15) is 14.7 Å². The molecule has 2 amide bonds. The standard InChI is InChI=1S/C13H24N2O4/c1-3-4-10-5-6-15(8-10)12(18)14-9-13(2,19)7-11(16)17/h10,19H,3-9H2,1-2H3,(H,14,18)(H,16,17). The zero-order valence-corrected chi connectivity index (χ0v) is 11.7. The first-order valence-electron chi connectivity index (χ1n) is 6.81. The number of urea groups is 1. The number of carbonyl (C=O) groups excluding carboxylic acids is 1. The van der Waals surface area contributed by atoms with Gasteiger partial charge in [0.2, 0.25) is 0 Å². The second-order valence-corrected chi connectivity index (χ2v) is 5.62. The van der Waals surface area contributed by atoms with E-state index in [0.29, 0.717) is 5.92 Å². The Hall–Kier alpha value is -1.30. The molecule has 0 aromatic carbocycles. The van der Waals surface area contributed by atoms with Crippen molar-refractivity contribution < 1.29 is 19.8 Å². The molecule has 6 heteroatoms. The Balaban J connectivity index is 2.34. The fourth-order valence-electron chi connectivity index (χ4n) is 2.43. The molecule has 0 spiro atoms. The molecule has 3 N–H and O–H groups in total. The van der Waals surface area contributed by atoms with E-state index in [2.05, 4.69) is 12.2 Å². The lowest BCUT2D eigenvalue weighted by Gasteiger charge is -2.24. The molecule has 1 heterocycles. The fourth-order valence-corrected chi connectivity index (χ4v) is 2.43. The van der Waals surface area contributed by atoms with E-state index in [1.54, 1.807) is 4.90 Å². The number of carbonyl (C=O) groups is 2. The molecule has 2 atom stereocenters. The van der Waals surface area contributed by atoms with Crippen molar-refractivity contribution in [3.05, 3.63) is 0 Å². The van der Waals surface area contributed by atoms with Crippen LogP contribution in [-0.2, 0) is 4.79 Å². The SMILES string of the molecule is CCCC1CCN(C(=O)NCC(C)(O)CC(=O)O)C1. The largest absolute Gasteiger partial charge is 0.481 e. The maximum atomic E-state index is 11.9. The highest BCUT2D eigenvalue weighted by molar-refractivity contribution is 5.74. The van der Waals surface area contributed by atoms with Crippen molar-refractivity contribution in [3.8, 4) is 0 Å². The van der Waals surface area contributed by atoms with E-state index in [4.69, 9.17) is 5.11 Å². The van der Waals surface area contributed by atoms with Crippen LogP contribution >= 0.6 is 0 Å². The molecule has 19 heavy (non-hydrogen) atoms. The first-order chi connectivity index (χ1) is 8.84. The number of carboxylic acid groups (broad SMARTS) is 1. The third kappa shape index (κ3) is 5.46. The lowest BCUT2D eigenvalue weighted by Crippen LogP contribution is -2.46. The second kappa shape index (κ2) is 6.75. The van der Waals surface area contributed by atoms with E-state index in [1.165, 1.54) is 6.92 Å². The summed E-state index contributed by atoms with van der Waals surface area (Å²) in [7, 11) is 0. The molecule has 0 aromatic heterocycles. The van der Waals surface area contributed by atoms with Gasteiger partial charge >= 0.3 is 12.0 Å². The van der Waals surface area contributed by atoms with Crippen LogP contribution in [0, 0.1) is 5.92 Å². The molecule has 1 aliphatic rings. The molecule has 1 aliphatic heterocycles. The van der Waals surface area contributed by atoms with Crippen molar-refractivity contribution in [2.75, 3.05) is 19.6 Å². The van der Waals surface area contributed by atoms with Gasteiger partial charge in [0.15, 0.2) is 0 Å². The lowest BCUT2D eigenvalue weighted by atomic mass is 10.0. The fraction of sp³-hybridized carbons (Fsp3) is 0.846. The minimum absolute atomic E-state index is 0.0485. The summed E-state index contributed by atoms with van der Waals surface area (Å²) in [5, 5.41) is 21.0. The molecule has 1 saturated heterocycles. The Morgan fingerprint density at radius 3 is 2.74 bits per heavy atom. The molecule has 0 aliphatic carbocycles. The summed E-state index contributed by atoms with van der Waals surface area (Å²) in [4.78, 5) is 24.2. The van der Waals surface area contributed by atoms with Crippen molar-refractivity contribution in [1.82, 2.24) is 10.2 Å². The van der Waals surface area contributed by atoms with Crippen molar-refractivity contribution in [2.45, 2.75) is 45.1 Å². The predicted molar refractivity (Wildman–Crippen MR) is 70.9 cm³/mol. The van der Waals surface area contributed by atoms with Gasteiger partial charge in [-0.05, 0) is 25.7 Å². The smallest absolute Gasteiger partial charge is 0.317 e. The van der Waals surface area contributed by atoms with Gasteiger partial charge in [0.05, 0.1) is 12.0 Å². The zero-order valence-electron chi connectivity index (χ0n) is 11.7. The molecule has 1 fully saturated rings. The molecular formula is C13H24N2O4. The molecule has 110 valence electrons. The maximum Gasteiger partial charge on any atom is 0.317 e. The van der Waals surface area contributed by atoms with Crippen LogP contribution in [0.25, 0.3) is 0 Å². The first kappa shape index (κ1) is 15.8. The Morgan fingerprint density at radius 1 is 1.47 bits per heavy atom. The number of amides is 2. The number of rotatable bonds is 6. The summed E-state index contributed by atoms with van der Waals surface area (Å²) >= 11 is 0. The van der Waals surface area contributed by atoms with Crippen molar-refractivity contribution in [1.29, 1.82) is 0 Å². The molecule has 0 bridgehead atoms. The molecule has 0 radical (unpaired) electrons. The number of hydrogen-bond acceptors (Lipinski definition) is 3. The number of nitrogens with one attached hydrogen (secondary N) is 1. The zero-order chi connectivity index (χ0) is 14.5. The van der Waals surface area contributed by atoms with Crippen LogP contribution in [0.1, 0.15) is 39.5 Å². The van der Waals surface area contributed by atoms with Gasteiger partial charge in [0.25, 0.3) is 0 Å². The topological polar surface area (TPSA) is 89.9 Å². The summed E-state index contributed by atoms with van der Waals surface area (Å²) in [5.74, 6) is -0.515. The quantitative estimate of drug-likeness (QED) is 0.674. The number of carboxylic acids is 1. The summed E-state index contributed by atoms with van der Waals surface area (Å²) in [5.41, 5.74) is -1.41. The van der Waals surface area contributed by atoms with Crippen LogP contribution in [0.2, 0.25) is 0 Å². The lowest BCUT2D eigenvalue weighted by molar-refractivity contribution is -0.141. The minimum Gasteiger partial charge on any atom is -0.481 e. The maximum absolute atomic E-state index is 11.9. The molecular weight excluding hydrogens is 248 g/mol. The van der Waals surface area contributed by atoms with Gasteiger partial charge in [-0.25, -0.2) is 4.79 Å². The predicted octanol–water partition coefficient (Wildman–Crippen LogP) is 1.04. The average molecular weight is 272 g/mol. The van der Waals surface area contributed by atoms with Crippen LogP contribution in [-0.4, -0.2) is 52.3 Å². The Labute approximate surface area is 113 Å². The Morgan fingerprint density at radius 2 is 2.16 bits per heavy atom. The van der Waals surface area contributed by atoms with Gasteiger partial charge in [-0.3, -0.25) is 4.79 Å². The average Bonchev–Trinajstić information content (AvgIpc) is 2.73. The highest BCUT2D eigenvalue weighted by Gasteiger charge is 2.28. The number of aliphatic hydroxyl groups is 1. The molecule has 0 saturated carbocycles. The van der Waals surface area contributed by atoms with Gasteiger partial charge in [-0.1, -0.05) is 13.3 Å². The first-order valence-corrected chi connectivity index (χ1v) is 6.81. The number of likely N-dealkylation sites (tertiary alicyclic amines) is 1. The Bertz CT molecular complexity index is 331. The number of aliphatic carboxylic acids is 1. The summed E-state index contributed by atoms with van der Waals surface area (Å²) < 4.78 is 0. The van der Waals surface area contributed by atoms with Crippen LogP contribution in [0.4, 0.5) is 4.79 Å². The van der Waals surface area contributed by atoms with Crippen LogP contribution in [0.5, 0.6) is 0 Å². The minimum atomic E-state index is -1.41. The normalized spacial score (nSPS) is 22.1. The van der Waals surface area contributed by atoms with Gasteiger partial charge in [0, 0.05) is 19.6 Å². The number of nitrogens with zero attached hydrogens (tertiary/aromatic N) is 1. The summed E-state index contributed by atoms with van der Waals surface area (Å²) in [6, 6.07) is -0.218. The van der Waals surface area contributed by atoms with E-state index < -0.39 is 11.6 Å². The van der Waals surface area contributed by atoms with Crippen LogP contribution < -0.4 is 5.32 Å². The third-order valence-electron chi connectivity index (χ3n) is 3.42. The van der Waals surface area contributed by atoms with Gasteiger partial charge < -0.3 is 20.4 Å². The number of hydrogen-bond donors (Lipinski definition) is 3. The van der Waals surface area contributed by atoms with E-state index in [-0.39, 0.29) is 19.0 Å². The molecule has 1 rings (SSSR count). The third-order valence-corrected chi connectivity index (χ3v) is 3.42. The highest BCUT2D eigenvalue weighted by atomic mass is 16.4. The van der Waals surface area contributed by atoms with Crippen molar-refractivity contribution in [2.24, 2.45) is 5.92 Å². The molecule has 6 nitrogen and oxygen atoms in total. The Kier molecular flexibility index (Phi) is 5.60. The highest BCUT2D eigenvalue weighted by Crippen LogP contribution is 2.20. The van der Waals surface area contributed by atoms with Crippen LogP contribution in [0.3, 0.4) is 0 Å². The van der Waals surface area contributed by atoms with Gasteiger partial charge in [-0.2, -0.15) is 0 Å². The van der Waals surface area contributed by atoms with Crippen molar-refractivity contribution in [3.63, 3.8) is 0 Å².